The lowest BCUT2D eigenvalue weighted by molar-refractivity contribution is 0.0696. The third kappa shape index (κ3) is 4.62. The number of benzene rings is 1. The SMILES string of the molecule is CCSCCSc1cccc(C(=O)O)c1. The van der Waals surface area contributed by atoms with Crippen molar-refractivity contribution in [3.63, 3.8) is 0 Å². The van der Waals surface area contributed by atoms with Gasteiger partial charge in [0.2, 0.25) is 0 Å². The van der Waals surface area contributed by atoms with E-state index in [2.05, 4.69) is 6.92 Å². The summed E-state index contributed by atoms with van der Waals surface area (Å²) in [7, 11) is 0. The average Bonchev–Trinajstić information content (AvgIpc) is 2.25. The van der Waals surface area contributed by atoms with Crippen LogP contribution in [0.1, 0.15) is 17.3 Å². The fourth-order valence-electron chi connectivity index (χ4n) is 1.08. The van der Waals surface area contributed by atoms with E-state index in [0.717, 1.165) is 22.2 Å². The first-order valence-corrected chi connectivity index (χ1v) is 6.92. The van der Waals surface area contributed by atoms with Crippen molar-refractivity contribution in [1.29, 1.82) is 0 Å². The van der Waals surface area contributed by atoms with E-state index in [9.17, 15) is 4.79 Å². The van der Waals surface area contributed by atoms with Crippen LogP contribution >= 0.6 is 23.5 Å². The van der Waals surface area contributed by atoms with E-state index >= 15 is 0 Å². The lowest BCUT2D eigenvalue weighted by atomic mass is 10.2. The number of thioether (sulfide) groups is 2. The number of carboxylic acid groups (broad SMARTS) is 1. The van der Waals surface area contributed by atoms with Crippen molar-refractivity contribution in [3.8, 4) is 0 Å². The zero-order valence-electron chi connectivity index (χ0n) is 8.60. The van der Waals surface area contributed by atoms with E-state index in [1.54, 1.807) is 30.0 Å². The standard InChI is InChI=1S/C11H14O2S2/c1-2-14-6-7-15-10-5-3-4-9(8-10)11(12)13/h3-5,8H,2,6-7H2,1H3,(H,12,13). The molecule has 82 valence electrons. The predicted molar refractivity (Wildman–Crippen MR) is 67.1 cm³/mol. The van der Waals surface area contributed by atoms with Gasteiger partial charge >= 0.3 is 5.97 Å². The number of hydrogen-bond donors (Lipinski definition) is 1. The topological polar surface area (TPSA) is 37.3 Å². The Balaban J connectivity index is 2.47. The summed E-state index contributed by atoms with van der Waals surface area (Å²) in [4.78, 5) is 11.7. The van der Waals surface area contributed by atoms with E-state index in [4.69, 9.17) is 5.11 Å². The maximum atomic E-state index is 10.7. The highest BCUT2D eigenvalue weighted by molar-refractivity contribution is 8.02. The molecule has 0 amide bonds. The van der Waals surface area contributed by atoms with Gasteiger partial charge in [-0.3, -0.25) is 0 Å². The Morgan fingerprint density at radius 3 is 2.87 bits per heavy atom. The van der Waals surface area contributed by atoms with Crippen LogP contribution in [0, 0.1) is 0 Å². The van der Waals surface area contributed by atoms with Gasteiger partial charge in [0, 0.05) is 16.4 Å². The molecule has 0 aliphatic rings. The van der Waals surface area contributed by atoms with Gasteiger partial charge in [0.15, 0.2) is 0 Å². The zero-order valence-corrected chi connectivity index (χ0v) is 10.2. The van der Waals surface area contributed by atoms with Crippen molar-refractivity contribution < 1.29 is 9.90 Å². The predicted octanol–water partition coefficient (Wildman–Crippen LogP) is 3.23. The second-order valence-corrected chi connectivity index (χ2v) is 5.44. The van der Waals surface area contributed by atoms with E-state index in [1.165, 1.54) is 0 Å². The minimum absolute atomic E-state index is 0.364. The summed E-state index contributed by atoms with van der Waals surface area (Å²) < 4.78 is 0. The van der Waals surface area contributed by atoms with Crippen LogP contribution in [0.4, 0.5) is 0 Å². The fraction of sp³-hybridized carbons (Fsp3) is 0.364. The molecule has 0 heterocycles. The second-order valence-electron chi connectivity index (χ2n) is 2.88. The summed E-state index contributed by atoms with van der Waals surface area (Å²) in [6, 6.07) is 7.09. The molecule has 0 radical (unpaired) electrons. The highest BCUT2D eigenvalue weighted by atomic mass is 32.2. The van der Waals surface area contributed by atoms with Crippen LogP contribution < -0.4 is 0 Å². The van der Waals surface area contributed by atoms with Crippen LogP contribution in [0.15, 0.2) is 29.2 Å². The van der Waals surface area contributed by atoms with E-state index in [-0.39, 0.29) is 0 Å². The van der Waals surface area contributed by atoms with Crippen LogP contribution in [-0.2, 0) is 0 Å². The lowest BCUT2D eigenvalue weighted by Gasteiger charge is -2.02. The van der Waals surface area contributed by atoms with Gasteiger partial charge in [-0.15, -0.1) is 11.8 Å². The summed E-state index contributed by atoms with van der Waals surface area (Å²) in [6.45, 7) is 2.14. The summed E-state index contributed by atoms with van der Waals surface area (Å²) >= 11 is 3.61. The second kappa shape index (κ2) is 6.80. The number of hydrogen-bond acceptors (Lipinski definition) is 3. The van der Waals surface area contributed by atoms with Crippen LogP contribution in [0.3, 0.4) is 0 Å². The average molecular weight is 242 g/mol. The van der Waals surface area contributed by atoms with Crippen LogP contribution in [-0.4, -0.2) is 28.3 Å². The summed E-state index contributed by atoms with van der Waals surface area (Å²) in [6.07, 6.45) is 0. The number of aromatic carboxylic acids is 1. The summed E-state index contributed by atoms with van der Waals surface area (Å²) in [5.41, 5.74) is 0.364. The van der Waals surface area contributed by atoms with Gasteiger partial charge < -0.3 is 5.11 Å². The third-order valence-corrected chi connectivity index (χ3v) is 3.94. The van der Waals surface area contributed by atoms with Crippen LogP contribution in [0.25, 0.3) is 0 Å². The molecule has 0 unspecified atom stereocenters. The van der Waals surface area contributed by atoms with Gasteiger partial charge in [-0.05, 0) is 24.0 Å². The van der Waals surface area contributed by atoms with Gasteiger partial charge in [0.05, 0.1) is 5.56 Å². The Morgan fingerprint density at radius 1 is 1.40 bits per heavy atom. The molecule has 0 saturated heterocycles. The molecule has 1 rings (SSSR count). The van der Waals surface area contributed by atoms with Gasteiger partial charge in [-0.25, -0.2) is 4.79 Å². The summed E-state index contributed by atoms with van der Waals surface area (Å²) in [5.74, 6) is 2.41. The van der Waals surface area contributed by atoms with Crippen molar-refractivity contribution >= 4 is 29.5 Å². The molecule has 15 heavy (non-hydrogen) atoms. The van der Waals surface area contributed by atoms with E-state index < -0.39 is 5.97 Å². The molecule has 2 nitrogen and oxygen atoms in total. The maximum absolute atomic E-state index is 10.7. The molecule has 0 atom stereocenters. The Kier molecular flexibility index (Phi) is 5.65. The molecular formula is C11H14O2S2. The zero-order chi connectivity index (χ0) is 11.1. The molecule has 0 aromatic heterocycles. The summed E-state index contributed by atoms with van der Waals surface area (Å²) in [5, 5.41) is 8.81. The largest absolute Gasteiger partial charge is 0.478 e. The smallest absolute Gasteiger partial charge is 0.335 e. The Bertz CT molecular complexity index is 326. The molecule has 1 aromatic rings. The van der Waals surface area contributed by atoms with Crippen molar-refractivity contribution in [1.82, 2.24) is 0 Å². The number of rotatable bonds is 6. The van der Waals surface area contributed by atoms with Crippen LogP contribution in [0.5, 0.6) is 0 Å². The first-order valence-electron chi connectivity index (χ1n) is 4.78. The molecule has 0 spiro atoms. The normalized spacial score (nSPS) is 10.2. The first-order chi connectivity index (χ1) is 7.24. The quantitative estimate of drug-likeness (QED) is 0.614. The van der Waals surface area contributed by atoms with Gasteiger partial charge in [-0.2, -0.15) is 11.8 Å². The van der Waals surface area contributed by atoms with E-state index in [0.29, 0.717) is 5.56 Å². The first kappa shape index (κ1) is 12.5. The molecule has 0 fully saturated rings. The molecule has 1 N–H and O–H groups in total. The Morgan fingerprint density at radius 2 is 2.20 bits per heavy atom. The van der Waals surface area contributed by atoms with Gasteiger partial charge in [-0.1, -0.05) is 13.0 Å². The van der Waals surface area contributed by atoms with Crippen molar-refractivity contribution in [3.05, 3.63) is 29.8 Å². The number of carboxylic acids is 1. The van der Waals surface area contributed by atoms with Crippen molar-refractivity contribution in [2.24, 2.45) is 0 Å². The van der Waals surface area contributed by atoms with Gasteiger partial charge in [0.25, 0.3) is 0 Å². The lowest BCUT2D eigenvalue weighted by Crippen LogP contribution is -1.95. The van der Waals surface area contributed by atoms with E-state index in [1.807, 2.05) is 17.8 Å². The van der Waals surface area contributed by atoms with Crippen molar-refractivity contribution in [2.75, 3.05) is 17.3 Å². The Hall–Kier alpha value is -0.610. The van der Waals surface area contributed by atoms with Gasteiger partial charge in [0.1, 0.15) is 0 Å². The highest BCUT2D eigenvalue weighted by Crippen LogP contribution is 2.20. The monoisotopic (exact) mass is 242 g/mol. The molecule has 0 saturated carbocycles. The fourth-order valence-corrected chi connectivity index (χ4v) is 2.80. The minimum Gasteiger partial charge on any atom is -0.478 e. The molecule has 4 heteroatoms. The maximum Gasteiger partial charge on any atom is 0.335 e. The third-order valence-electron chi connectivity index (χ3n) is 1.78. The molecule has 0 aliphatic carbocycles. The molecular weight excluding hydrogens is 228 g/mol. The van der Waals surface area contributed by atoms with Crippen molar-refractivity contribution in [2.45, 2.75) is 11.8 Å². The molecule has 0 aliphatic heterocycles. The highest BCUT2D eigenvalue weighted by Gasteiger charge is 2.02. The molecule has 1 aromatic carbocycles. The minimum atomic E-state index is -0.861. The molecule has 0 bridgehead atoms. The number of carbonyl (C=O) groups is 1. The Labute approximate surface area is 98.5 Å². The van der Waals surface area contributed by atoms with Crippen LogP contribution in [0.2, 0.25) is 0 Å².